The third-order valence-electron chi connectivity index (χ3n) is 2.34. The van der Waals surface area contributed by atoms with Crippen LogP contribution in [0, 0.1) is 6.92 Å². The van der Waals surface area contributed by atoms with Gasteiger partial charge in [0, 0.05) is 11.2 Å². The van der Waals surface area contributed by atoms with Crippen LogP contribution in [0.4, 0.5) is 5.82 Å². The lowest BCUT2D eigenvalue weighted by atomic mass is 10.2. The Bertz CT molecular complexity index is 657. The fraction of sp³-hybridized carbons (Fsp3) is 0.0833. The summed E-state index contributed by atoms with van der Waals surface area (Å²) in [6, 6.07) is 9.54. The van der Waals surface area contributed by atoms with Gasteiger partial charge in [0.1, 0.15) is 5.82 Å². The molecule has 0 aliphatic carbocycles. The molecule has 0 spiro atoms. The maximum atomic E-state index is 12.1. The number of pyridine rings is 1. The number of aromatic nitrogens is 1. The van der Waals surface area contributed by atoms with Crippen molar-refractivity contribution in [1.29, 1.82) is 0 Å². The van der Waals surface area contributed by atoms with Gasteiger partial charge in [-0.05, 0) is 42.8 Å². The molecular formula is C12H11ClN2O2S. The molecule has 6 heteroatoms. The molecule has 4 nitrogen and oxygen atoms in total. The van der Waals surface area contributed by atoms with Crippen molar-refractivity contribution >= 4 is 27.4 Å². The van der Waals surface area contributed by atoms with E-state index in [2.05, 4.69) is 9.71 Å². The van der Waals surface area contributed by atoms with E-state index in [0.29, 0.717) is 10.6 Å². The second kappa shape index (κ2) is 4.96. The topological polar surface area (TPSA) is 59.1 Å². The Balaban J connectivity index is 2.34. The number of sulfonamides is 1. The third kappa shape index (κ3) is 2.80. The molecule has 0 radical (unpaired) electrons. The molecule has 1 aromatic carbocycles. The maximum absolute atomic E-state index is 12.1. The Morgan fingerprint density at radius 1 is 1.22 bits per heavy atom. The molecule has 2 aromatic rings. The smallest absolute Gasteiger partial charge is 0.263 e. The van der Waals surface area contributed by atoms with Gasteiger partial charge < -0.3 is 0 Å². The Morgan fingerprint density at radius 3 is 2.61 bits per heavy atom. The number of nitrogens with zero attached hydrogens (tertiary/aromatic N) is 1. The van der Waals surface area contributed by atoms with Crippen LogP contribution in [-0.2, 0) is 10.0 Å². The summed E-state index contributed by atoms with van der Waals surface area (Å²) in [5, 5.41) is 0.534. The molecule has 0 amide bonds. The van der Waals surface area contributed by atoms with Crippen molar-refractivity contribution in [3.63, 3.8) is 0 Å². The highest BCUT2D eigenvalue weighted by Crippen LogP contribution is 2.20. The molecule has 94 valence electrons. The number of benzene rings is 1. The van der Waals surface area contributed by atoms with Crippen molar-refractivity contribution < 1.29 is 8.42 Å². The summed E-state index contributed by atoms with van der Waals surface area (Å²) in [5.41, 5.74) is 0.709. The lowest BCUT2D eigenvalue weighted by molar-refractivity contribution is 0.601. The zero-order valence-corrected chi connectivity index (χ0v) is 11.2. The molecule has 0 saturated heterocycles. The summed E-state index contributed by atoms with van der Waals surface area (Å²) in [6.45, 7) is 1.75. The highest BCUT2D eigenvalue weighted by molar-refractivity contribution is 7.92. The fourth-order valence-electron chi connectivity index (χ4n) is 1.40. The summed E-state index contributed by atoms with van der Waals surface area (Å²) in [6.07, 6.45) is 1.52. The average molecular weight is 283 g/mol. The van der Waals surface area contributed by atoms with E-state index in [-0.39, 0.29) is 10.7 Å². The molecule has 0 aliphatic heterocycles. The number of aryl methyl sites for hydroxylation is 1. The van der Waals surface area contributed by atoms with E-state index in [1.165, 1.54) is 18.3 Å². The first kappa shape index (κ1) is 12.9. The molecule has 1 heterocycles. The van der Waals surface area contributed by atoms with Crippen molar-refractivity contribution in [3.8, 4) is 0 Å². The summed E-state index contributed by atoms with van der Waals surface area (Å²) in [5.74, 6) is 0.283. The molecule has 18 heavy (non-hydrogen) atoms. The predicted octanol–water partition coefficient (Wildman–Crippen LogP) is 2.84. The molecule has 0 aliphatic rings. The Morgan fingerprint density at radius 2 is 2.00 bits per heavy atom. The van der Waals surface area contributed by atoms with Crippen LogP contribution in [0.5, 0.6) is 0 Å². The molecule has 2 rings (SSSR count). The first-order chi connectivity index (χ1) is 8.49. The van der Waals surface area contributed by atoms with Crippen molar-refractivity contribution in [2.45, 2.75) is 11.8 Å². The van der Waals surface area contributed by atoms with Crippen LogP contribution in [0.3, 0.4) is 0 Å². The van der Waals surface area contributed by atoms with Crippen molar-refractivity contribution in [1.82, 2.24) is 4.98 Å². The van der Waals surface area contributed by atoms with E-state index >= 15 is 0 Å². The Hall–Kier alpha value is -1.59. The van der Waals surface area contributed by atoms with Crippen molar-refractivity contribution in [2.24, 2.45) is 0 Å². The standard InChI is InChI=1S/C12H11ClN2O2S/c1-9-8-10(5-6-11(9)13)18(16,17)15-12-4-2-3-7-14-12/h2-8H,1H3,(H,14,15). The average Bonchev–Trinajstić information content (AvgIpc) is 2.33. The van der Waals surface area contributed by atoms with Gasteiger partial charge in [-0.3, -0.25) is 4.72 Å². The molecule has 0 atom stereocenters. The predicted molar refractivity (Wildman–Crippen MR) is 71.2 cm³/mol. The molecule has 0 bridgehead atoms. The van der Waals surface area contributed by atoms with Gasteiger partial charge in [0.25, 0.3) is 10.0 Å². The van der Waals surface area contributed by atoms with E-state index in [4.69, 9.17) is 11.6 Å². The van der Waals surface area contributed by atoms with Crippen LogP contribution >= 0.6 is 11.6 Å². The van der Waals surface area contributed by atoms with Gasteiger partial charge in [-0.2, -0.15) is 0 Å². The largest absolute Gasteiger partial charge is 0.263 e. The van der Waals surface area contributed by atoms with Gasteiger partial charge in [0.15, 0.2) is 0 Å². The van der Waals surface area contributed by atoms with Gasteiger partial charge in [-0.25, -0.2) is 13.4 Å². The fourth-order valence-corrected chi connectivity index (χ4v) is 2.61. The second-order valence-electron chi connectivity index (χ2n) is 3.73. The first-order valence-corrected chi connectivity index (χ1v) is 7.05. The number of hydrogen-bond donors (Lipinski definition) is 1. The molecule has 1 N–H and O–H groups in total. The van der Waals surface area contributed by atoms with Gasteiger partial charge in [-0.15, -0.1) is 0 Å². The van der Waals surface area contributed by atoms with E-state index in [1.54, 1.807) is 31.2 Å². The van der Waals surface area contributed by atoms with Gasteiger partial charge in [0.2, 0.25) is 0 Å². The summed E-state index contributed by atoms with van der Waals surface area (Å²) >= 11 is 5.86. The van der Waals surface area contributed by atoms with Gasteiger partial charge in [-0.1, -0.05) is 17.7 Å². The monoisotopic (exact) mass is 282 g/mol. The molecule has 0 fully saturated rings. The van der Waals surface area contributed by atoms with Crippen LogP contribution in [0.25, 0.3) is 0 Å². The Kier molecular flexibility index (Phi) is 3.54. The van der Waals surface area contributed by atoms with Crippen LogP contribution in [0.1, 0.15) is 5.56 Å². The second-order valence-corrected chi connectivity index (χ2v) is 5.82. The van der Waals surface area contributed by atoms with Crippen LogP contribution < -0.4 is 4.72 Å². The van der Waals surface area contributed by atoms with Crippen molar-refractivity contribution in [3.05, 3.63) is 53.2 Å². The molecule has 0 unspecified atom stereocenters. The number of hydrogen-bond acceptors (Lipinski definition) is 3. The summed E-state index contributed by atoms with van der Waals surface area (Å²) in [7, 11) is -3.62. The molecular weight excluding hydrogens is 272 g/mol. The highest BCUT2D eigenvalue weighted by atomic mass is 35.5. The third-order valence-corrected chi connectivity index (χ3v) is 4.12. The van der Waals surface area contributed by atoms with Gasteiger partial charge >= 0.3 is 0 Å². The maximum Gasteiger partial charge on any atom is 0.263 e. The zero-order chi connectivity index (χ0) is 13.2. The van der Waals surface area contributed by atoms with Crippen molar-refractivity contribution in [2.75, 3.05) is 4.72 Å². The summed E-state index contributed by atoms with van der Waals surface area (Å²) < 4.78 is 26.5. The minimum absolute atomic E-state index is 0.162. The van der Waals surface area contributed by atoms with E-state index in [1.807, 2.05) is 0 Å². The normalized spacial score (nSPS) is 11.2. The number of halogens is 1. The number of rotatable bonds is 3. The minimum Gasteiger partial charge on any atom is -0.263 e. The molecule has 1 aromatic heterocycles. The lowest BCUT2D eigenvalue weighted by Gasteiger charge is -2.08. The van der Waals surface area contributed by atoms with E-state index < -0.39 is 10.0 Å². The van der Waals surface area contributed by atoms with Crippen LogP contribution in [0.15, 0.2) is 47.5 Å². The Labute approximate surface area is 111 Å². The number of nitrogens with one attached hydrogen (secondary N) is 1. The number of anilines is 1. The van der Waals surface area contributed by atoms with E-state index in [0.717, 1.165) is 0 Å². The lowest BCUT2D eigenvalue weighted by Crippen LogP contribution is -2.13. The van der Waals surface area contributed by atoms with E-state index in [9.17, 15) is 8.42 Å². The summed E-state index contributed by atoms with van der Waals surface area (Å²) in [4.78, 5) is 4.08. The minimum atomic E-state index is -3.62. The SMILES string of the molecule is Cc1cc(S(=O)(=O)Nc2ccccn2)ccc1Cl. The van der Waals surface area contributed by atoms with Crippen LogP contribution in [0.2, 0.25) is 5.02 Å². The highest BCUT2D eigenvalue weighted by Gasteiger charge is 2.15. The zero-order valence-electron chi connectivity index (χ0n) is 9.59. The first-order valence-electron chi connectivity index (χ1n) is 5.19. The molecule has 0 saturated carbocycles. The van der Waals surface area contributed by atoms with Crippen LogP contribution in [-0.4, -0.2) is 13.4 Å². The van der Waals surface area contributed by atoms with Gasteiger partial charge in [0.05, 0.1) is 4.90 Å². The quantitative estimate of drug-likeness (QED) is 0.942.